The number of amides is 2. The lowest BCUT2D eigenvalue weighted by molar-refractivity contribution is -0.116. The second-order valence-corrected chi connectivity index (χ2v) is 5.01. The van der Waals surface area contributed by atoms with Crippen LogP contribution in [-0.4, -0.2) is 34.7 Å². The van der Waals surface area contributed by atoms with Crippen LogP contribution >= 0.6 is 11.6 Å². The van der Waals surface area contributed by atoms with E-state index in [9.17, 15) is 9.59 Å². The predicted octanol–water partition coefficient (Wildman–Crippen LogP) is 2.30. The van der Waals surface area contributed by atoms with E-state index in [1.54, 1.807) is 30.7 Å². The number of imidazole rings is 1. The van der Waals surface area contributed by atoms with Gasteiger partial charge in [-0.15, -0.1) is 0 Å². The quantitative estimate of drug-likeness (QED) is 0.883. The monoisotopic (exact) mass is 324 g/mol. The molecule has 118 valence electrons. The van der Waals surface area contributed by atoms with Crippen molar-refractivity contribution in [3.8, 4) is 0 Å². The summed E-state index contributed by atoms with van der Waals surface area (Å²) in [4.78, 5) is 27.3. The van der Waals surface area contributed by atoms with Crippen molar-refractivity contribution in [2.75, 3.05) is 18.5 Å². The van der Waals surface area contributed by atoms with Gasteiger partial charge in [0.2, 0.25) is 11.9 Å². The molecule has 0 aliphatic heterocycles. The first-order valence-corrected chi connectivity index (χ1v) is 7.21. The molecule has 0 spiro atoms. The molecule has 0 bridgehead atoms. The zero-order valence-electron chi connectivity index (χ0n) is 12.4. The lowest BCUT2D eigenvalue weighted by atomic mass is 10.3. The molecule has 1 aromatic carbocycles. The van der Waals surface area contributed by atoms with Crippen LogP contribution in [-0.2, 0) is 16.6 Å². The maximum absolute atomic E-state index is 11.9. The maximum atomic E-state index is 11.9. The van der Waals surface area contributed by atoms with E-state index in [1.165, 1.54) is 0 Å². The largest absolute Gasteiger partial charge is 0.450 e. The summed E-state index contributed by atoms with van der Waals surface area (Å²) in [6, 6.07) is 5.33. The van der Waals surface area contributed by atoms with Gasteiger partial charge in [-0.3, -0.25) is 10.1 Å². The van der Waals surface area contributed by atoms with Gasteiger partial charge in [-0.25, -0.2) is 9.78 Å². The summed E-state index contributed by atoms with van der Waals surface area (Å²) in [6.07, 6.45) is -0.407. The van der Waals surface area contributed by atoms with E-state index in [0.717, 1.165) is 5.52 Å². The van der Waals surface area contributed by atoms with Gasteiger partial charge in [0.25, 0.3) is 0 Å². The number of anilines is 1. The average Bonchev–Trinajstić information content (AvgIpc) is 2.75. The van der Waals surface area contributed by atoms with Gasteiger partial charge in [0, 0.05) is 25.0 Å². The molecule has 1 aromatic heterocycles. The number of fused-ring (bicyclic) bond motifs is 1. The summed E-state index contributed by atoms with van der Waals surface area (Å²) in [7, 11) is 1.80. The number of aromatic nitrogens is 2. The number of benzene rings is 1. The smallest absolute Gasteiger partial charge is 0.407 e. The van der Waals surface area contributed by atoms with E-state index in [1.807, 2.05) is 6.07 Å². The first-order chi connectivity index (χ1) is 10.5. The third-order valence-corrected chi connectivity index (χ3v) is 3.23. The Morgan fingerprint density at radius 3 is 2.91 bits per heavy atom. The maximum Gasteiger partial charge on any atom is 0.407 e. The van der Waals surface area contributed by atoms with Gasteiger partial charge < -0.3 is 14.6 Å². The van der Waals surface area contributed by atoms with Crippen molar-refractivity contribution < 1.29 is 14.3 Å². The lowest BCUT2D eigenvalue weighted by Crippen LogP contribution is -2.28. The molecule has 1 heterocycles. The van der Waals surface area contributed by atoms with Crippen LogP contribution in [0.4, 0.5) is 10.7 Å². The third-order valence-electron chi connectivity index (χ3n) is 2.99. The molecular formula is C14H17ClN4O3. The fourth-order valence-corrected chi connectivity index (χ4v) is 2.10. The first kappa shape index (κ1) is 16.1. The number of nitrogens with one attached hydrogen (secondary N) is 2. The SMILES string of the molecule is CCOC(=O)NCCC(=O)Nc1nc2cc(Cl)ccc2n1C. The summed E-state index contributed by atoms with van der Waals surface area (Å²) in [5.41, 5.74) is 1.57. The molecule has 2 amide bonds. The molecule has 0 radical (unpaired) electrons. The van der Waals surface area contributed by atoms with Gasteiger partial charge in [-0.05, 0) is 25.1 Å². The second-order valence-electron chi connectivity index (χ2n) is 4.57. The molecule has 2 aromatic rings. The van der Waals surface area contributed by atoms with E-state index >= 15 is 0 Å². The minimum absolute atomic E-state index is 0.128. The molecule has 0 unspecified atom stereocenters. The zero-order chi connectivity index (χ0) is 16.1. The highest BCUT2D eigenvalue weighted by molar-refractivity contribution is 6.31. The highest BCUT2D eigenvalue weighted by atomic mass is 35.5. The number of carbonyl (C=O) groups is 2. The topological polar surface area (TPSA) is 85.2 Å². The first-order valence-electron chi connectivity index (χ1n) is 6.83. The van der Waals surface area contributed by atoms with Crippen LogP contribution in [0.15, 0.2) is 18.2 Å². The van der Waals surface area contributed by atoms with Crippen molar-refractivity contribution >= 4 is 40.6 Å². The van der Waals surface area contributed by atoms with Gasteiger partial charge >= 0.3 is 6.09 Å². The number of aryl methyl sites for hydroxylation is 1. The highest BCUT2D eigenvalue weighted by Gasteiger charge is 2.11. The van der Waals surface area contributed by atoms with Crippen LogP contribution in [0.3, 0.4) is 0 Å². The molecule has 0 aliphatic rings. The van der Waals surface area contributed by atoms with Crippen LogP contribution in [0.5, 0.6) is 0 Å². The van der Waals surface area contributed by atoms with Gasteiger partial charge in [-0.1, -0.05) is 11.6 Å². The second kappa shape index (κ2) is 7.13. The lowest BCUT2D eigenvalue weighted by Gasteiger charge is -2.06. The number of rotatable bonds is 5. The van der Waals surface area contributed by atoms with Crippen molar-refractivity contribution in [1.29, 1.82) is 0 Å². The van der Waals surface area contributed by atoms with Crippen LogP contribution in [0.1, 0.15) is 13.3 Å². The van der Waals surface area contributed by atoms with E-state index in [4.69, 9.17) is 16.3 Å². The molecule has 2 N–H and O–H groups in total. The molecule has 0 aliphatic carbocycles. The standard InChI is InChI=1S/C14H17ClN4O3/c1-3-22-14(21)16-7-6-12(20)18-13-17-10-8-9(15)4-5-11(10)19(13)2/h4-5,8H,3,6-7H2,1-2H3,(H,16,21)(H,17,18,20). The summed E-state index contributed by atoms with van der Waals surface area (Å²) in [5.74, 6) is 0.180. The van der Waals surface area contributed by atoms with Gasteiger partial charge in [-0.2, -0.15) is 0 Å². The molecule has 7 nitrogen and oxygen atoms in total. The highest BCUT2D eigenvalue weighted by Crippen LogP contribution is 2.21. The van der Waals surface area contributed by atoms with E-state index in [0.29, 0.717) is 23.1 Å². The zero-order valence-corrected chi connectivity index (χ0v) is 13.1. The Balaban J connectivity index is 1.94. The van der Waals surface area contributed by atoms with Gasteiger partial charge in [0.15, 0.2) is 0 Å². The fourth-order valence-electron chi connectivity index (χ4n) is 1.93. The number of alkyl carbamates (subject to hydrolysis) is 1. The van der Waals surface area contributed by atoms with Crippen LogP contribution in [0.25, 0.3) is 11.0 Å². The van der Waals surface area contributed by atoms with Crippen molar-refractivity contribution in [2.45, 2.75) is 13.3 Å². The Morgan fingerprint density at radius 2 is 2.18 bits per heavy atom. The molecular weight excluding hydrogens is 308 g/mol. The van der Waals surface area contributed by atoms with Gasteiger partial charge in [0.05, 0.1) is 17.6 Å². The molecule has 2 rings (SSSR count). The minimum atomic E-state index is -0.535. The van der Waals surface area contributed by atoms with Gasteiger partial charge in [0.1, 0.15) is 0 Å². The Hall–Kier alpha value is -2.28. The Morgan fingerprint density at radius 1 is 1.41 bits per heavy atom. The third kappa shape index (κ3) is 3.88. The number of ether oxygens (including phenoxy) is 1. The van der Waals surface area contributed by atoms with E-state index in [-0.39, 0.29) is 18.9 Å². The molecule has 22 heavy (non-hydrogen) atoms. The molecule has 0 saturated carbocycles. The summed E-state index contributed by atoms with van der Waals surface area (Å²) in [5, 5.41) is 5.77. The Kier molecular flexibility index (Phi) is 5.21. The summed E-state index contributed by atoms with van der Waals surface area (Å²) in [6.45, 7) is 2.20. The van der Waals surface area contributed by atoms with Crippen molar-refractivity contribution in [3.63, 3.8) is 0 Å². The number of hydrogen-bond acceptors (Lipinski definition) is 4. The number of nitrogens with zero attached hydrogens (tertiary/aromatic N) is 2. The molecule has 0 saturated heterocycles. The summed E-state index contributed by atoms with van der Waals surface area (Å²) < 4.78 is 6.47. The molecule has 0 fully saturated rings. The van der Waals surface area contributed by atoms with E-state index in [2.05, 4.69) is 15.6 Å². The fraction of sp³-hybridized carbons (Fsp3) is 0.357. The predicted molar refractivity (Wildman–Crippen MR) is 84.0 cm³/mol. The van der Waals surface area contributed by atoms with Crippen molar-refractivity contribution in [2.24, 2.45) is 7.05 Å². The van der Waals surface area contributed by atoms with Crippen LogP contribution in [0, 0.1) is 0 Å². The van der Waals surface area contributed by atoms with Crippen LogP contribution < -0.4 is 10.6 Å². The van der Waals surface area contributed by atoms with Crippen molar-refractivity contribution in [3.05, 3.63) is 23.2 Å². The summed E-state index contributed by atoms with van der Waals surface area (Å²) >= 11 is 5.92. The number of hydrogen-bond donors (Lipinski definition) is 2. The average molecular weight is 325 g/mol. The number of halogens is 1. The van der Waals surface area contributed by atoms with Crippen molar-refractivity contribution in [1.82, 2.24) is 14.9 Å². The molecule has 0 atom stereocenters. The van der Waals surface area contributed by atoms with E-state index < -0.39 is 6.09 Å². The Bertz CT molecular complexity index is 699. The number of carbonyl (C=O) groups excluding carboxylic acids is 2. The van der Waals surface area contributed by atoms with Crippen LogP contribution in [0.2, 0.25) is 5.02 Å². The normalized spacial score (nSPS) is 10.5. The molecule has 8 heteroatoms. The minimum Gasteiger partial charge on any atom is -0.450 e. The Labute approximate surface area is 132 Å².